The van der Waals surface area contributed by atoms with Gasteiger partial charge in [-0.2, -0.15) is 4.98 Å². The van der Waals surface area contributed by atoms with Crippen LogP contribution < -0.4 is 10.6 Å². The summed E-state index contributed by atoms with van der Waals surface area (Å²) < 4.78 is 0. The number of fused-ring (bicyclic) bond motifs is 1. The number of nitrogens with zero attached hydrogens (tertiary/aromatic N) is 2. The maximum atomic E-state index is 12.3. The van der Waals surface area contributed by atoms with Crippen LogP contribution in [-0.2, 0) is 17.6 Å². The van der Waals surface area contributed by atoms with E-state index in [-0.39, 0.29) is 17.3 Å². The SMILES string of the molecule is CN(C(=O)CSc1nc(=O)[nH]c2c1CCC2)c1ccccc1. The minimum absolute atomic E-state index is 0.00923. The number of aromatic nitrogens is 2. The zero-order chi connectivity index (χ0) is 15.5. The number of rotatable bonds is 4. The van der Waals surface area contributed by atoms with Crippen LogP contribution in [0.2, 0.25) is 0 Å². The highest BCUT2D eigenvalue weighted by Crippen LogP contribution is 2.28. The minimum Gasteiger partial charge on any atom is -0.315 e. The van der Waals surface area contributed by atoms with E-state index in [0.29, 0.717) is 5.03 Å². The van der Waals surface area contributed by atoms with E-state index in [4.69, 9.17) is 0 Å². The van der Waals surface area contributed by atoms with Crippen LogP contribution in [0, 0.1) is 0 Å². The first-order valence-electron chi connectivity index (χ1n) is 7.21. The van der Waals surface area contributed by atoms with Crippen molar-refractivity contribution < 1.29 is 4.79 Å². The second kappa shape index (κ2) is 6.36. The van der Waals surface area contributed by atoms with Gasteiger partial charge < -0.3 is 9.88 Å². The largest absolute Gasteiger partial charge is 0.346 e. The van der Waals surface area contributed by atoms with Crippen LogP contribution in [0.25, 0.3) is 0 Å². The van der Waals surface area contributed by atoms with E-state index < -0.39 is 0 Å². The van der Waals surface area contributed by atoms with Crippen LogP contribution in [0.3, 0.4) is 0 Å². The molecule has 2 aromatic rings. The molecular formula is C16H17N3O2S. The van der Waals surface area contributed by atoms with E-state index in [1.165, 1.54) is 11.8 Å². The van der Waals surface area contributed by atoms with Crippen molar-refractivity contribution >= 4 is 23.4 Å². The second-order valence-corrected chi connectivity index (χ2v) is 6.20. The summed E-state index contributed by atoms with van der Waals surface area (Å²) in [7, 11) is 1.76. The molecule has 6 heteroatoms. The molecule has 0 fully saturated rings. The van der Waals surface area contributed by atoms with Crippen LogP contribution >= 0.6 is 11.8 Å². The van der Waals surface area contributed by atoms with Gasteiger partial charge in [-0.25, -0.2) is 4.79 Å². The van der Waals surface area contributed by atoms with Gasteiger partial charge in [0.05, 0.1) is 5.75 Å². The lowest BCUT2D eigenvalue weighted by molar-refractivity contribution is -0.115. The van der Waals surface area contributed by atoms with E-state index in [0.717, 1.165) is 36.2 Å². The van der Waals surface area contributed by atoms with Crippen molar-refractivity contribution in [1.82, 2.24) is 9.97 Å². The molecule has 0 aliphatic heterocycles. The first kappa shape index (κ1) is 14.8. The molecule has 1 amide bonds. The van der Waals surface area contributed by atoms with Crippen molar-refractivity contribution in [1.29, 1.82) is 0 Å². The first-order chi connectivity index (χ1) is 10.6. The summed E-state index contributed by atoms with van der Waals surface area (Å²) in [5.41, 5.74) is 2.61. The minimum atomic E-state index is -0.327. The molecule has 0 spiro atoms. The Morgan fingerprint density at radius 3 is 2.86 bits per heavy atom. The summed E-state index contributed by atoms with van der Waals surface area (Å²) in [5.74, 6) is 0.263. The zero-order valence-electron chi connectivity index (χ0n) is 12.3. The van der Waals surface area contributed by atoms with Crippen molar-refractivity contribution in [3.8, 4) is 0 Å². The van der Waals surface area contributed by atoms with E-state index >= 15 is 0 Å². The van der Waals surface area contributed by atoms with E-state index in [1.807, 2.05) is 30.3 Å². The zero-order valence-corrected chi connectivity index (χ0v) is 13.2. The number of benzene rings is 1. The number of para-hydroxylation sites is 1. The van der Waals surface area contributed by atoms with Crippen LogP contribution in [0.5, 0.6) is 0 Å². The number of hydrogen-bond donors (Lipinski definition) is 1. The molecule has 1 N–H and O–H groups in total. The van der Waals surface area contributed by atoms with Crippen LogP contribution in [0.4, 0.5) is 5.69 Å². The number of anilines is 1. The number of aryl methyl sites for hydroxylation is 1. The normalized spacial score (nSPS) is 13.0. The average molecular weight is 315 g/mol. The Morgan fingerprint density at radius 1 is 1.32 bits per heavy atom. The summed E-state index contributed by atoms with van der Waals surface area (Å²) in [5, 5.41) is 0.700. The van der Waals surface area contributed by atoms with E-state index in [9.17, 15) is 9.59 Å². The molecule has 3 rings (SSSR count). The average Bonchev–Trinajstić information content (AvgIpc) is 3.00. The first-order valence-corrected chi connectivity index (χ1v) is 8.20. The standard InChI is InChI=1S/C16H17N3O2S/c1-19(11-6-3-2-4-7-11)14(20)10-22-15-12-8-5-9-13(12)17-16(21)18-15/h2-4,6-7H,5,8-10H2,1H3,(H,17,18,21). The molecule has 114 valence electrons. The summed E-state index contributed by atoms with van der Waals surface area (Å²) in [6.07, 6.45) is 2.84. The molecule has 1 aromatic carbocycles. The van der Waals surface area contributed by atoms with E-state index in [2.05, 4.69) is 9.97 Å². The molecule has 1 aliphatic rings. The topological polar surface area (TPSA) is 66.1 Å². The van der Waals surface area contributed by atoms with Crippen molar-refractivity contribution in [2.45, 2.75) is 24.3 Å². The number of hydrogen-bond acceptors (Lipinski definition) is 4. The predicted molar refractivity (Wildman–Crippen MR) is 87.5 cm³/mol. The molecule has 0 bridgehead atoms. The third-order valence-corrected chi connectivity index (χ3v) is 4.79. The van der Waals surface area contributed by atoms with Gasteiger partial charge in [-0.15, -0.1) is 0 Å². The van der Waals surface area contributed by atoms with Gasteiger partial charge in [0, 0.05) is 24.0 Å². The van der Waals surface area contributed by atoms with Crippen LogP contribution in [0.1, 0.15) is 17.7 Å². The molecule has 0 unspecified atom stereocenters. The molecule has 0 radical (unpaired) electrons. The third kappa shape index (κ3) is 3.06. The maximum absolute atomic E-state index is 12.3. The number of carbonyl (C=O) groups excluding carboxylic acids is 1. The number of nitrogens with one attached hydrogen (secondary N) is 1. The van der Waals surface area contributed by atoms with Crippen molar-refractivity contribution in [3.63, 3.8) is 0 Å². The Bertz CT molecular complexity index is 743. The fourth-order valence-electron chi connectivity index (χ4n) is 2.58. The second-order valence-electron chi connectivity index (χ2n) is 5.23. The summed E-state index contributed by atoms with van der Waals surface area (Å²) in [6, 6.07) is 9.51. The van der Waals surface area contributed by atoms with Gasteiger partial charge in [0.25, 0.3) is 0 Å². The van der Waals surface area contributed by atoms with Gasteiger partial charge >= 0.3 is 5.69 Å². The number of amides is 1. The third-order valence-electron chi connectivity index (χ3n) is 3.79. The Kier molecular flexibility index (Phi) is 4.29. The van der Waals surface area contributed by atoms with Crippen molar-refractivity contribution in [2.24, 2.45) is 0 Å². The van der Waals surface area contributed by atoms with Crippen molar-refractivity contribution in [3.05, 3.63) is 52.1 Å². The van der Waals surface area contributed by atoms with Gasteiger partial charge in [-0.3, -0.25) is 4.79 Å². The molecule has 1 aliphatic carbocycles. The molecular weight excluding hydrogens is 298 g/mol. The van der Waals surface area contributed by atoms with Gasteiger partial charge in [-0.1, -0.05) is 30.0 Å². The van der Waals surface area contributed by atoms with Gasteiger partial charge in [0.1, 0.15) is 5.03 Å². The molecule has 1 heterocycles. The lowest BCUT2D eigenvalue weighted by atomic mass is 10.3. The predicted octanol–water partition coefficient (Wildman–Crippen LogP) is 2.01. The molecule has 0 saturated carbocycles. The number of thioether (sulfide) groups is 1. The molecule has 0 atom stereocenters. The summed E-state index contributed by atoms with van der Waals surface area (Å²) in [6.45, 7) is 0. The van der Waals surface area contributed by atoms with Gasteiger partial charge in [0.2, 0.25) is 5.91 Å². The Morgan fingerprint density at radius 2 is 2.09 bits per heavy atom. The fourth-order valence-corrected chi connectivity index (χ4v) is 3.58. The highest BCUT2D eigenvalue weighted by molar-refractivity contribution is 8.00. The molecule has 0 saturated heterocycles. The number of carbonyl (C=O) groups is 1. The number of aromatic amines is 1. The quantitative estimate of drug-likeness (QED) is 0.692. The highest BCUT2D eigenvalue weighted by atomic mass is 32.2. The molecule has 5 nitrogen and oxygen atoms in total. The monoisotopic (exact) mass is 315 g/mol. The Hall–Kier alpha value is -2.08. The number of H-pyrrole nitrogens is 1. The van der Waals surface area contributed by atoms with Crippen LogP contribution in [0.15, 0.2) is 40.2 Å². The molecule has 1 aromatic heterocycles. The summed E-state index contributed by atoms with van der Waals surface area (Å²) in [4.78, 5) is 32.3. The lowest BCUT2D eigenvalue weighted by Crippen LogP contribution is -2.28. The smallest absolute Gasteiger partial charge is 0.315 e. The maximum Gasteiger partial charge on any atom is 0.346 e. The van der Waals surface area contributed by atoms with Gasteiger partial charge in [0.15, 0.2) is 0 Å². The molecule has 22 heavy (non-hydrogen) atoms. The summed E-state index contributed by atoms with van der Waals surface area (Å²) >= 11 is 1.35. The van der Waals surface area contributed by atoms with Gasteiger partial charge in [-0.05, 0) is 31.4 Å². The highest BCUT2D eigenvalue weighted by Gasteiger charge is 2.19. The Balaban J connectivity index is 1.71. The Labute approximate surface area is 132 Å². The van der Waals surface area contributed by atoms with Crippen molar-refractivity contribution in [2.75, 3.05) is 17.7 Å². The lowest BCUT2D eigenvalue weighted by Gasteiger charge is -2.17. The van der Waals surface area contributed by atoms with E-state index in [1.54, 1.807) is 11.9 Å². The fraction of sp³-hybridized carbons (Fsp3) is 0.312. The van der Waals surface area contributed by atoms with Crippen LogP contribution in [-0.4, -0.2) is 28.7 Å².